The van der Waals surface area contributed by atoms with Crippen LogP contribution in [0.25, 0.3) is 0 Å². The lowest BCUT2D eigenvalue weighted by Gasteiger charge is -2.29. The highest BCUT2D eigenvalue weighted by atomic mass is 32.2. The van der Waals surface area contributed by atoms with E-state index in [9.17, 15) is 13.2 Å². The highest BCUT2D eigenvalue weighted by molar-refractivity contribution is 7.87. The van der Waals surface area contributed by atoms with Crippen LogP contribution in [0.1, 0.15) is 54.9 Å². The predicted molar refractivity (Wildman–Crippen MR) is 84.1 cm³/mol. The van der Waals surface area contributed by atoms with Crippen LogP contribution in [0.4, 0.5) is 0 Å². The highest BCUT2D eigenvalue weighted by Crippen LogP contribution is 2.16. The van der Waals surface area contributed by atoms with E-state index in [1.807, 2.05) is 13.8 Å². The zero-order chi connectivity index (χ0) is 16.8. The fourth-order valence-corrected chi connectivity index (χ4v) is 3.27. The van der Waals surface area contributed by atoms with Gasteiger partial charge in [-0.25, -0.2) is 0 Å². The lowest BCUT2D eigenvalue weighted by Crippen LogP contribution is -2.52. The van der Waals surface area contributed by atoms with Crippen LogP contribution in [0.5, 0.6) is 0 Å². The lowest BCUT2D eigenvalue weighted by atomic mass is 10.00. The summed E-state index contributed by atoms with van der Waals surface area (Å²) in [4.78, 5) is 12.3. The van der Waals surface area contributed by atoms with Crippen LogP contribution < -0.4 is 4.72 Å². The molecule has 21 heavy (non-hydrogen) atoms. The van der Waals surface area contributed by atoms with Gasteiger partial charge >= 0.3 is 5.97 Å². The van der Waals surface area contributed by atoms with Gasteiger partial charge in [0.15, 0.2) is 0 Å². The van der Waals surface area contributed by atoms with Gasteiger partial charge in [-0.3, -0.25) is 4.79 Å². The smallest absolute Gasteiger partial charge is 0.325 e. The molecule has 0 amide bonds. The van der Waals surface area contributed by atoms with Gasteiger partial charge in [0.25, 0.3) is 10.2 Å². The molecule has 0 aromatic heterocycles. The Morgan fingerprint density at radius 1 is 1.19 bits per heavy atom. The van der Waals surface area contributed by atoms with E-state index >= 15 is 0 Å². The van der Waals surface area contributed by atoms with E-state index in [4.69, 9.17) is 4.74 Å². The number of esters is 1. The molecule has 2 atom stereocenters. The monoisotopic (exact) mass is 322 g/mol. The normalized spacial score (nSPS) is 15.8. The maximum atomic E-state index is 12.3. The Hall–Kier alpha value is -0.660. The summed E-state index contributed by atoms with van der Waals surface area (Å²) in [6.07, 6.45) is 0.671. The van der Waals surface area contributed by atoms with Crippen molar-refractivity contribution in [2.24, 2.45) is 5.92 Å². The van der Waals surface area contributed by atoms with Crippen molar-refractivity contribution in [1.29, 1.82) is 0 Å². The van der Waals surface area contributed by atoms with Crippen molar-refractivity contribution in [3.8, 4) is 0 Å². The molecule has 0 rings (SSSR count). The van der Waals surface area contributed by atoms with Crippen LogP contribution >= 0.6 is 0 Å². The standard InChI is InChI=1S/C14H30N2O4S/c1-8-11(4)12(13(17)20-14(5,6)7)15-21(18,19)16(9-2)10-3/h11-12,15H,8-10H2,1-7H3/t11-,12-/m0/s1. The van der Waals surface area contributed by atoms with E-state index < -0.39 is 27.8 Å². The van der Waals surface area contributed by atoms with Crippen molar-refractivity contribution in [2.45, 2.75) is 66.5 Å². The van der Waals surface area contributed by atoms with E-state index in [1.54, 1.807) is 34.6 Å². The molecule has 0 aliphatic rings. The maximum absolute atomic E-state index is 12.3. The molecule has 0 bridgehead atoms. The largest absolute Gasteiger partial charge is 0.459 e. The van der Waals surface area contributed by atoms with Crippen LogP contribution in [-0.2, 0) is 19.7 Å². The summed E-state index contributed by atoms with van der Waals surface area (Å²) in [5.74, 6) is -0.683. The van der Waals surface area contributed by atoms with E-state index in [-0.39, 0.29) is 5.92 Å². The SMILES string of the molecule is CC[C@H](C)[C@H](NS(=O)(=O)N(CC)CC)C(=O)OC(C)(C)C. The number of nitrogens with zero attached hydrogens (tertiary/aromatic N) is 1. The molecule has 0 saturated heterocycles. The van der Waals surface area contributed by atoms with Crippen molar-refractivity contribution in [1.82, 2.24) is 9.03 Å². The molecule has 0 radical (unpaired) electrons. The molecule has 0 saturated carbocycles. The Morgan fingerprint density at radius 3 is 2.00 bits per heavy atom. The average molecular weight is 322 g/mol. The van der Waals surface area contributed by atoms with Gasteiger partial charge in [-0.2, -0.15) is 17.4 Å². The highest BCUT2D eigenvalue weighted by Gasteiger charge is 2.34. The van der Waals surface area contributed by atoms with Gasteiger partial charge in [-0.05, 0) is 26.7 Å². The first-order valence-electron chi connectivity index (χ1n) is 7.48. The molecular weight excluding hydrogens is 292 g/mol. The van der Waals surface area contributed by atoms with E-state index in [1.165, 1.54) is 4.31 Å². The minimum Gasteiger partial charge on any atom is -0.459 e. The molecule has 0 unspecified atom stereocenters. The molecule has 0 spiro atoms. The first-order chi connectivity index (χ1) is 9.48. The number of nitrogens with one attached hydrogen (secondary N) is 1. The molecule has 0 heterocycles. The number of carbonyl (C=O) groups is 1. The fourth-order valence-electron chi connectivity index (χ4n) is 1.80. The second-order valence-electron chi connectivity index (χ2n) is 6.10. The van der Waals surface area contributed by atoms with Gasteiger partial charge in [0.05, 0.1) is 0 Å². The van der Waals surface area contributed by atoms with Crippen LogP contribution in [0, 0.1) is 5.92 Å². The average Bonchev–Trinajstić information content (AvgIpc) is 2.34. The van der Waals surface area contributed by atoms with Gasteiger partial charge in [0.2, 0.25) is 0 Å². The summed E-state index contributed by atoms with van der Waals surface area (Å²) in [7, 11) is -3.69. The third kappa shape index (κ3) is 6.76. The molecule has 0 aromatic rings. The number of hydrogen-bond acceptors (Lipinski definition) is 4. The number of carbonyl (C=O) groups excluding carboxylic acids is 1. The lowest BCUT2D eigenvalue weighted by molar-refractivity contribution is -0.158. The van der Waals surface area contributed by atoms with Crippen LogP contribution in [-0.4, -0.2) is 43.4 Å². The second-order valence-corrected chi connectivity index (χ2v) is 7.81. The summed E-state index contributed by atoms with van der Waals surface area (Å²) in [5, 5.41) is 0. The van der Waals surface area contributed by atoms with Crippen LogP contribution in [0.2, 0.25) is 0 Å². The Balaban J connectivity index is 5.24. The van der Waals surface area contributed by atoms with E-state index in [0.29, 0.717) is 19.5 Å². The van der Waals surface area contributed by atoms with Gasteiger partial charge in [0.1, 0.15) is 11.6 Å². The predicted octanol–water partition coefficient (Wildman–Crippen LogP) is 1.92. The first-order valence-corrected chi connectivity index (χ1v) is 8.92. The Labute approximate surface area is 129 Å². The van der Waals surface area contributed by atoms with E-state index in [0.717, 1.165) is 0 Å². The molecule has 126 valence electrons. The second kappa shape index (κ2) is 8.10. The molecule has 6 nitrogen and oxygen atoms in total. The Morgan fingerprint density at radius 2 is 1.67 bits per heavy atom. The number of hydrogen-bond donors (Lipinski definition) is 1. The summed E-state index contributed by atoms with van der Waals surface area (Å²) in [5.41, 5.74) is -0.649. The van der Waals surface area contributed by atoms with Crippen LogP contribution in [0.3, 0.4) is 0 Å². The zero-order valence-corrected chi connectivity index (χ0v) is 15.1. The third-order valence-electron chi connectivity index (χ3n) is 3.19. The summed E-state index contributed by atoms with van der Waals surface area (Å²) < 4.78 is 33.7. The minimum absolute atomic E-state index is 0.148. The van der Waals surface area contributed by atoms with Crippen molar-refractivity contribution < 1.29 is 17.9 Å². The third-order valence-corrected chi connectivity index (χ3v) is 4.94. The number of rotatable bonds is 8. The van der Waals surface area contributed by atoms with Gasteiger partial charge < -0.3 is 4.74 Å². The quantitative estimate of drug-likeness (QED) is 0.693. The van der Waals surface area contributed by atoms with Gasteiger partial charge in [-0.15, -0.1) is 0 Å². The molecule has 1 N–H and O–H groups in total. The molecule has 0 fully saturated rings. The van der Waals surface area contributed by atoms with Crippen molar-refractivity contribution in [2.75, 3.05) is 13.1 Å². The summed E-state index contributed by atoms with van der Waals surface area (Å²) in [6.45, 7) is 13.3. The van der Waals surface area contributed by atoms with Crippen LogP contribution in [0.15, 0.2) is 0 Å². The zero-order valence-electron chi connectivity index (χ0n) is 14.3. The van der Waals surface area contributed by atoms with Crippen molar-refractivity contribution in [3.63, 3.8) is 0 Å². The molecule has 7 heteroatoms. The van der Waals surface area contributed by atoms with Gasteiger partial charge in [0, 0.05) is 13.1 Å². The number of ether oxygens (including phenoxy) is 1. The van der Waals surface area contributed by atoms with Crippen molar-refractivity contribution in [3.05, 3.63) is 0 Å². The van der Waals surface area contributed by atoms with Gasteiger partial charge in [-0.1, -0.05) is 34.1 Å². The summed E-state index contributed by atoms with van der Waals surface area (Å²) >= 11 is 0. The Kier molecular flexibility index (Phi) is 7.84. The maximum Gasteiger partial charge on any atom is 0.325 e. The fraction of sp³-hybridized carbons (Fsp3) is 0.929. The molecular formula is C14H30N2O4S. The molecule has 0 aliphatic carbocycles. The van der Waals surface area contributed by atoms with E-state index in [2.05, 4.69) is 4.72 Å². The summed E-state index contributed by atoms with van der Waals surface area (Å²) in [6, 6.07) is -0.875. The molecule has 0 aliphatic heterocycles. The first kappa shape index (κ1) is 20.3. The Bertz CT molecular complexity index is 425. The van der Waals surface area contributed by atoms with Crippen molar-refractivity contribution >= 4 is 16.2 Å². The molecule has 0 aromatic carbocycles. The topological polar surface area (TPSA) is 75.7 Å². The minimum atomic E-state index is -3.69.